The number of nitrogens with one attached hydrogen (secondary N) is 1. The molecule has 0 unspecified atom stereocenters. The molecule has 0 radical (unpaired) electrons. The Morgan fingerprint density at radius 2 is 1.69 bits per heavy atom. The van der Waals surface area contributed by atoms with E-state index in [0.29, 0.717) is 0 Å². The molecule has 0 atom stereocenters. The minimum Gasteiger partial charge on any atom is -0.392 e. The second kappa shape index (κ2) is 6.51. The van der Waals surface area contributed by atoms with E-state index in [2.05, 4.69) is 16.9 Å². The molecule has 16 heavy (non-hydrogen) atoms. The van der Waals surface area contributed by atoms with E-state index in [-0.39, 0.29) is 16.8 Å². The van der Waals surface area contributed by atoms with E-state index in [4.69, 9.17) is 5.73 Å². The van der Waals surface area contributed by atoms with E-state index in [9.17, 15) is 8.42 Å². The van der Waals surface area contributed by atoms with Gasteiger partial charge in [-0.3, -0.25) is 0 Å². The van der Waals surface area contributed by atoms with E-state index >= 15 is 0 Å². The van der Waals surface area contributed by atoms with Crippen molar-refractivity contribution in [3.63, 3.8) is 0 Å². The fourth-order valence-electron chi connectivity index (χ4n) is 2.06. The molecule has 3 N–H and O–H groups in total. The maximum absolute atomic E-state index is 11.6. The van der Waals surface area contributed by atoms with Crippen molar-refractivity contribution >= 4 is 27.2 Å². The number of thiocarbonyl (C=S) groups is 1. The van der Waals surface area contributed by atoms with Gasteiger partial charge >= 0.3 is 0 Å². The van der Waals surface area contributed by atoms with Gasteiger partial charge in [-0.1, -0.05) is 44.3 Å². The lowest BCUT2D eigenvalue weighted by Crippen LogP contribution is -2.39. The van der Waals surface area contributed by atoms with E-state index in [1.54, 1.807) is 0 Å². The van der Waals surface area contributed by atoms with Gasteiger partial charge in [0.2, 0.25) is 10.0 Å². The van der Waals surface area contributed by atoms with Crippen LogP contribution in [-0.2, 0) is 10.0 Å². The third-order valence-electron chi connectivity index (χ3n) is 2.78. The molecule has 0 bridgehead atoms. The van der Waals surface area contributed by atoms with Gasteiger partial charge < -0.3 is 5.73 Å². The Kier molecular flexibility index (Phi) is 5.64. The molecule has 0 aromatic heterocycles. The molecule has 1 aliphatic rings. The summed E-state index contributed by atoms with van der Waals surface area (Å²) in [6, 6.07) is 0.0691. The zero-order valence-corrected chi connectivity index (χ0v) is 11.1. The molecular weight excluding hydrogens is 244 g/mol. The summed E-state index contributed by atoms with van der Waals surface area (Å²) in [5.74, 6) is -0.237. The summed E-state index contributed by atoms with van der Waals surface area (Å²) < 4.78 is 26.0. The van der Waals surface area contributed by atoms with Crippen LogP contribution in [0.4, 0.5) is 0 Å². The highest BCUT2D eigenvalue weighted by Crippen LogP contribution is 2.17. The summed E-state index contributed by atoms with van der Waals surface area (Å²) in [6.07, 6.45) is 7.72. The first kappa shape index (κ1) is 13.9. The quantitative estimate of drug-likeness (QED) is 0.751. The van der Waals surface area contributed by atoms with E-state index in [1.807, 2.05) is 0 Å². The summed E-state index contributed by atoms with van der Waals surface area (Å²) >= 11 is 4.62. The van der Waals surface area contributed by atoms with Gasteiger partial charge in [-0.2, -0.15) is 0 Å². The van der Waals surface area contributed by atoms with E-state index in [0.717, 1.165) is 25.7 Å². The molecule has 0 saturated heterocycles. The van der Waals surface area contributed by atoms with Crippen molar-refractivity contribution in [2.24, 2.45) is 5.73 Å². The first-order valence-electron chi connectivity index (χ1n) is 5.78. The van der Waals surface area contributed by atoms with Crippen molar-refractivity contribution in [2.45, 2.75) is 51.0 Å². The zero-order chi connectivity index (χ0) is 12.0. The molecule has 6 heteroatoms. The van der Waals surface area contributed by atoms with Crippen LogP contribution in [0.5, 0.6) is 0 Å². The summed E-state index contributed by atoms with van der Waals surface area (Å²) in [5, 5.41) is 0. The van der Waals surface area contributed by atoms with Crippen LogP contribution in [0.1, 0.15) is 44.9 Å². The SMILES string of the molecule is NC(=S)CS(=O)(=O)NC1CCCCCCC1. The highest BCUT2D eigenvalue weighted by molar-refractivity contribution is 7.92. The summed E-state index contributed by atoms with van der Waals surface area (Å²) in [4.78, 5) is 0.0262. The first-order chi connectivity index (χ1) is 7.49. The van der Waals surface area contributed by atoms with Crippen LogP contribution < -0.4 is 10.5 Å². The Balaban J connectivity index is 2.47. The van der Waals surface area contributed by atoms with Gasteiger partial charge in [0.05, 0.1) is 4.99 Å². The van der Waals surface area contributed by atoms with Crippen LogP contribution in [0.25, 0.3) is 0 Å². The van der Waals surface area contributed by atoms with Crippen LogP contribution in [0.15, 0.2) is 0 Å². The zero-order valence-electron chi connectivity index (χ0n) is 9.44. The van der Waals surface area contributed by atoms with Crippen LogP contribution in [0.2, 0.25) is 0 Å². The van der Waals surface area contributed by atoms with Crippen LogP contribution in [-0.4, -0.2) is 25.2 Å². The predicted molar refractivity (Wildman–Crippen MR) is 69.8 cm³/mol. The molecule has 1 aliphatic carbocycles. The molecule has 1 rings (SSSR count). The Morgan fingerprint density at radius 3 is 2.19 bits per heavy atom. The van der Waals surface area contributed by atoms with Crippen molar-refractivity contribution in [2.75, 3.05) is 5.75 Å². The Morgan fingerprint density at radius 1 is 1.19 bits per heavy atom. The average molecular weight is 264 g/mol. The van der Waals surface area contributed by atoms with Gasteiger partial charge in [-0.15, -0.1) is 0 Å². The molecule has 1 fully saturated rings. The fraction of sp³-hybridized carbons (Fsp3) is 0.900. The largest absolute Gasteiger partial charge is 0.392 e. The highest BCUT2D eigenvalue weighted by atomic mass is 32.2. The van der Waals surface area contributed by atoms with Crippen LogP contribution >= 0.6 is 12.2 Å². The van der Waals surface area contributed by atoms with Crippen molar-refractivity contribution < 1.29 is 8.42 Å². The van der Waals surface area contributed by atoms with Gasteiger partial charge in [0.25, 0.3) is 0 Å². The minimum atomic E-state index is -3.32. The number of rotatable bonds is 4. The first-order valence-corrected chi connectivity index (χ1v) is 7.84. The predicted octanol–water partition coefficient (Wildman–Crippen LogP) is 1.30. The number of hydrogen-bond donors (Lipinski definition) is 2. The Labute approximate surface area is 103 Å². The maximum Gasteiger partial charge on any atom is 0.218 e. The molecular formula is C10H20N2O2S2. The van der Waals surface area contributed by atoms with Gasteiger partial charge in [-0.05, 0) is 12.8 Å². The molecule has 4 nitrogen and oxygen atoms in total. The second-order valence-electron chi connectivity index (χ2n) is 4.39. The third-order valence-corrected chi connectivity index (χ3v) is 4.49. The second-order valence-corrected chi connectivity index (χ2v) is 6.66. The third kappa shape index (κ3) is 5.77. The minimum absolute atomic E-state index is 0.0262. The van der Waals surface area contributed by atoms with Gasteiger partial charge in [-0.25, -0.2) is 13.1 Å². The number of hydrogen-bond acceptors (Lipinski definition) is 3. The van der Waals surface area contributed by atoms with Crippen LogP contribution in [0.3, 0.4) is 0 Å². The van der Waals surface area contributed by atoms with E-state index in [1.165, 1.54) is 19.3 Å². The summed E-state index contributed by atoms with van der Waals surface area (Å²) in [5.41, 5.74) is 5.25. The Bertz CT molecular complexity index is 320. The lowest BCUT2D eigenvalue weighted by Gasteiger charge is -2.20. The van der Waals surface area contributed by atoms with Crippen molar-refractivity contribution in [1.29, 1.82) is 0 Å². The van der Waals surface area contributed by atoms with Gasteiger partial charge in [0, 0.05) is 6.04 Å². The van der Waals surface area contributed by atoms with Crippen LogP contribution in [0, 0.1) is 0 Å². The summed E-state index contributed by atoms with van der Waals surface area (Å²) in [7, 11) is -3.32. The molecule has 0 heterocycles. The van der Waals surface area contributed by atoms with Gasteiger partial charge in [0.1, 0.15) is 5.75 Å². The normalized spacial score (nSPS) is 20.0. The molecule has 0 aromatic rings. The maximum atomic E-state index is 11.6. The van der Waals surface area contributed by atoms with Crippen molar-refractivity contribution in [3.05, 3.63) is 0 Å². The molecule has 94 valence electrons. The smallest absolute Gasteiger partial charge is 0.218 e. The molecule has 0 aromatic carbocycles. The fourth-order valence-corrected chi connectivity index (χ4v) is 3.72. The lowest BCUT2D eigenvalue weighted by molar-refractivity contribution is 0.427. The lowest BCUT2D eigenvalue weighted by atomic mass is 9.97. The summed E-state index contributed by atoms with van der Waals surface area (Å²) in [6.45, 7) is 0. The molecule has 0 amide bonds. The van der Waals surface area contributed by atoms with Crippen molar-refractivity contribution in [1.82, 2.24) is 4.72 Å². The average Bonchev–Trinajstić information content (AvgIpc) is 2.06. The number of nitrogens with two attached hydrogens (primary N) is 1. The molecule has 0 aliphatic heterocycles. The molecule has 0 spiro atoms. The Hall–Kier alpha value is -0.200. The number of sulfonamides is 1. The monoisotopic (exact) mass is 264 g/mol. The topological polar surface area (TPSA) is 72.2 Å². The van der Waals surface area contributed by atoms with Gasteiger partial charge in [0.15, 0.2) is 0 Å². The molecule has 1 saturated carbocycles. The highest BCUT2D eigenvalue weighted by Gasteiger charge is 2.19. The van der Waals surface area contributed by atoms with Crippen molar-refractivity contribution in [3.8, 4) is 0 Å². The standard InChI is InChI=1S/C10H20N2O2S2/c11-10(15)8-16(13,14)12-9-6-4-2-1-3-5-7-9/h9,12H,1-8H2,(H2,11,15). The van der Waals surface area contributed by atoms with E-state index < -0.39 is 10.0 Å².